The van der Waals surface area contributed by atoms with Gasteiger partial charge in [-0.2, -0.15) is 0 Å². The average Bonchev–Trinajstić information content (AvgIpc) is 2.41. The lowest BCUT2D eigenvalue weighted by atomic mass is 10.1. The third kappa shape index (κ3) is 3.40. The number of carbonyl (C=O) groups is 2. The molecule has 1 atom stereocenters. The van der Waals surface area contributed by atoms with Crippen LogP contribution in [-0.4, -0.2) is 41.0 Å². The van der Waals surface area contributed by atoms with Crippen LogP contribution in [0.3, 0.4) is 0 Å². The standard InChI is InChI=1S/C12H12IN3O5/c13-7-1-2-8(9(5-7)16(20)21)15-4-3-14-12(19)10(15)6-11(17)18/h1-2,5,10H,3-4,6H2,(H,14,19)(H,17,18). The fraction of sp³-hybridized carbons (Fsp3) is 0.333. The normalized spacial score (nSPS) is 18.2. The van der Waals surface area contributed by atoms with Gasteiger partial charge in [0.15, 0.2) is 0 Å². The fourth-order valence-corrected chi connectivity index (χ4v) is 2.73. The molecule has 1 fully saturated rings. The third-order valence-corrected chi connectivity index (χ3v) is 3.81. The minimum absolute atomic E-state index is 0.132. The minimum Gasteiger partial charge on any atom is -0.481 e. The van der Waals surface area contributed by atoms with Gasteiger partial charge in [0.25, 0.3) is 5.69 Å². The van der Waals surface area contributed by atoms with Crippen molar-refractivity contribution in [3.05, 3.63) is 31.9 Å². The summed E-state index contributed by atoms with van der Waals surface area (Å²) in [5.74, 6) is -1.56. The largest absolute Gasteiger partial charge is 0.481 e. The van der Waals surface area contributed by atoms with Gasteiger partial charge in [-0.05, 0) is 34.7 Å². The molecular formula is C12H12IN3O5. The Labute approximate surface area is 133 Å². The molecule has 1 aromatic rings. The van der Waals surface area contributed by atoms with Gasteiger partial charge >= 0.3 is 5.97 Å². The van der Waals surface area contributed by atoms with E-state index in [1.807, 2.05) is 22.6 Å². The molecule has 8 nitrogen and oxygen atoms in total. The zero-order chi connectivity index (χ0) is 15.6. The Kier molecular flexibility index (Phi) is 4.60. The molecule has 9 heteroatoms. The highest BCUT2D eigenvalue weighted by Crippen LogP contribution is 2.32. The number of carboxylic acids is 1. The summed E-state index contributed by atoms with van der Waals surface area (Å²) in [4.78, 5) is 34.9. The van der Waals surface area contributed by atoms with Crippen molar-refractivity contribution >= 4 is 45.8 Å². The number of amides is 1. The number of rotatable bonds is 4. The van der Waals surface area contributed by atoms with Crippen LogP contribution in [0.5, 0.6) is 0 Å². The van der Waals surface area contributed by atoms with Crippen LogP contribution < -0.4 is 10.2 Å². The lowest BCUT2D eigenvalue weighted by Gasteiger charge is -2.35. The summed E-state index contributed by atoms with van der Waals surface area (Å²) >= 11 is 1.96. The second kappa shape index (κ2) is 6.24. The van der Waals surface area contributed by atoms with Crippen LogP contribution in [-0.2, 0) is 9.59 Å². The Morgan fingerprint density at radius 3 is 2.90 bits per heavy atom. The molecule has 0 aromatic heterocycles. The Hall–Kier alpha value is -1.91. The van der Waals surface area contributed by atoms with Crippen molar-refractivity contribution in [2.45, 2.75) is 12.5 Å². The first kappa shape index (κ1) is 15.5. The third-order valence-electron chi connectivity index (χ3n) is 3.14. The maximum absolute atomic E-state index is 11.9. The van der Waals surface area contributed by atoms with Crippen LogP contribution in [0.15, 0.2) is 18.2 Å². The number of nitro benzene ring substituents is 1. The van der Waals surface area contributed by atoms with Gasteiger partial charge < -0.3 is 15.3 Å². The molecule has 1 amide bonds. The first-order chi connectivity index (χ1) is 9.90. The first-order valence-corrected chi connectivity index (χ1v) is 7.18. The van der Waals surface area contributed by atoms with Gasteiger partial charge in [-0.25, -0.2) is 0 Å². The summed E-state index contributed by atoms with van der Waals surface area (Å²) < 4.78 is 0.694. The van der Waals surface area contributed by atoms with Crippen LogP contribution in [0, 0.1) is 13.7 Å². The predicted molar refractivity (Wildman–Crippen MR) is 82.2 cm³/mol. The number of piperazine rings is 1. The second-order valence-corrected chi connectivity index (χ2v) is 5.73. The predicted octanol–water partition coefficient (Wildman–Crippen LogP) is 0.979. The molecule has 1 heterocycles. The van der Waals surface area contributed by atoms with E-state index in [1.54, 1.807) is 12.1 Å². The molecule has 2 N–H and O–H groups in total. The van der Waals surface area contributed by atoms with Crippen LogP contribution in [0.1, 0.15) is 6.42 Å². The SMILES string of the molecule is O=C(O)CC1C(=O)NCCN1c1ccc(I)cc1[N+](=O)[O-]. The number of anilines is 1. The number of hydrogen-bond donors (Lipinski definition) is 2. The van der Waals surface area contributed by atoms with E-state index < -0.39 is 29.3 Å². The topological polar surface area (TPSA) is 113 Å². The van der Waals surface area contributed by atoms with Crippen LogP contribution in [0.4, 0.5) is 11.4 Å². The number of hydrogen-bond acceptors (Lipinski definition) is 5. The molecule has 1 saturated heterocycles. The van der Waals surface area contributed by atoms with E-state index in [4.69, 9.17) is 5.11 Å². The molecule has 21 heavy (non-hydrogen) atoms. The first-order valence-electron chi connectivity index (χ1n) is 6.10. The van der Waals surface area contributed by atoms with E-state index in [9.17, 15) is 19.7 Å². The Balaban J connectivity index is 2.44. The molecule has 1 aliphatic rings. The number of carbonyl (C=O) groups excluding carboxylic acids is 1. The van der Waals surface area contributed by atoms with E-state index >= 15 is 0 Å². The van der Waals surface area contributed by atoms with E-state index in [2.05, 4.69) is 5.32 Å². The summed E-state index contributed by atoms with van der Waals surface area (Å²) in [6.07, 6.45) is -0.408. The molecule has 0 bridgehead atoms. The van der Waals surface area contributed by atoms with Gasteiger partial charge in [0.1, 0.15) is 11.7 Å². The van der Waals surface area contributed by atoms with Gasteiger partial charge in [0.05, 0.1) is 11.3 Å². The van der Waals surface area contributed by atoms with Crippen molar-refractivity contribution in [1.82, 2.24) is 5.32 Å². The highest BCUT2D eigenvalue weighted by Gasteiger charge is 2.34. The monoisotopic (exact) mass is 405 g/mol. The zero-order valence-corrected chi connectivity index (χ0v) is 12.9. The molecule has 0 aliphatic carbocycles. The quantitative estimate of drug-likeness (QED) is 0.439. The van der Waals surface area contributed by atoms with Crippen molar-refractivity contribution in [3.8, 4) is 0 Å². The van der Waals surface area contributed by atoms with Crippen LogP contribution >= 0.6 is 22.6 Å². The van der Waals surface area contributed by atoms with Gasteiger partial charge in [0, 0.05) is 22.7 Å². The Morgan fingerprint density at radius 2 is 2.29 bits per heavy atom. The van der Waals surface area contributed by atoms with E-state index in [-0.39, 0.29) is 11.4 Å². The summed E-state index contributed by atoms with van der Waals surface area (Å²) in [5.41, 5.74) is 0.133. The molecule has 1 aliphatic heterocycles. The Bertz CT molecular complexity index is 607. The van der Waals surface area contributed by atoms with E-state index in [1.165, 1.54) is 11.0 Å². The van der Waals surface area contributed by atoms with E-state index in [0.717, 1.165) is 0 Å². The number of nitrogens with one attached hydrogen (secondary N) is 1. The summed E-state index contributed by atoms with van der Waals surface area (Å²) in [6, 6.07) is 3.69. The van der Waals surface area contributed by atoms with Crippen molar-refractivity contribution in [3.63, 3.8) is 0 Å². The van der Waals surface area contributed by atoms with Crippen molar-refractivity contribution in [2.75, 3.05) is 18.0 Å². The molecule has 0 saturated carbocycles. The highest BCUT2D eigenvalue weighted by molar-refractivity contribution is 14.1. The van der Waals surface area contributed by atoms with Crippen LogP contribution in [0.2, 0.25) is 0 Å². The number of carboxylic acid groups (broad SMARTS) is 1. The van der Waals surface area contributed by atoms with Gasteiger partial charge in [-0.1, -0.05) is 0 Å². The molecule has 112 valence electrons. The molecule has 2 rings (SSSR count). The second-order valence-electron chi connectivity index (χ2n) is 4.49. The summed E-state index contributed by atoms with van der Waals surface area (Å²) in [6.45, 7) is 0.642. The smallest absolute Gasteiger partial charge is 0.305 e. The van der Waals surface area contributed by atoms with Gasteiger partial charge in [-0.15, -0.1) is 0 Å². The number of nitrogens with zero attached hydrogens (tertiary/aromatic N) is 2. The van der Waals surface area contributed by atoms with E-state index in [0.29, 0.717) is 16.7 Å². The lowest BCUT2D eigenvalue weighted by Crippen LogP contribution is -2.56. The number of aliphatic carboxylic acids is 1. The molecule has 0 spiro atoms. The molecule has 1 aromatic carbocycles. The van der Waals surface area contributed by atoms with Crippen LogP contribution in [0.25, 0.3) is 0 Å². The van der Waals surface area contributed by atoms with Crippen molar-refractivity contribution < 1.29 is 19.6 Å². The molecule has 1 unspecified atom stereocenters. The fourth-order valence-electron chi connectivity index (χ4n) is 2.26. The molecule has 0 radical (unpaired) electrons. The maximum atomic E-state index is 11.9. The number of benzene rings is 1. The maximum Gasteiger partial charge on any atom is 0.305 e. The number of halogens is 1. The zero-order valence-electron chi connectivity index (χ0n) is 10.8. The molecular weight excluding hydrogens is 393 g/mol. The summed E-state index contributed by atoms with van der Waals surface area (Å²) in [5, 5.41) is 22.7. The Morgan fingerprint density at radius 1 is 1.57 bits per heavy atom. The van der Waals surface area contributed by atoms with Gasteiger partial charge in [-0.3, -0.25) is 19.7 Å². The number of nitro groups is 1. The lowest BCUT2D eigenvalue weighted by molar-refractivity contribution is -0.384. The van der Waals surface area contributed by atoms with Crippen molar-refractivity contribution in [2.24, 2.45) is 0 Å². The average molecular weight is 405 g/mol. The van der Waals surface area contributed by atoms with Crippen molar-refractivity contribution in [1.29, 1.82) is 0 Å². The minimum atomic E-state index is -1.13. The summed E-state index contributed by atoms with van der Waals surface area (Å²) in [7, 11) is 0. The van der Waals surface area contributed by atoms with Gasteiger partial charge in [0.2, 0.25) is 5.91 Å². The highest BCUT2D eigenvalue weighted by atomic mass is 127.